The highest BCUT2D eigenvalue weighted by molar-refractivity contribution is 6.05. The molecule has 0 spiro atoms. The Morgan fingerprint density at radius 3 is 2.54 bits per heavy atom. The van der Waals surface area contributed by atoms with Crippen molar-refractivity contribution >= 4 is 34.5 Å². The van der Waals surface area contributed by atoms with Gasteiger partial charge in [-0.15, -0.1) is 0 Å². The minimum Gasteiger partial charge on any atom is -0.326 e. The van der Waals surface area contributed by atoms with Gasteiger partial charge in [-0.2, -0.15) is 0 Å². The SMILES string of the molecule is O=C(C[C@@H]1C(=O)N(C2CCCC2)c2nc3ccccc3n21)Nc1ccccc1. The lowest BCUT2D eigenvalue weighted by molar-refractivity contribution is -0.125. The fourth-order valence-corrected chi connectivity index (χ4v) is 4.47. The van der Waals surface area contributed by atoms with Crippen molar-refractivity contribution in [2.45, 2.75) is 44.2 Å². The number of fused-ring (bicyclic) bond motifs is 3. The van der Waals surface area contributed by atoms with Crippen LogP contribution in [0.15, 0.2) is 54.6 Å². The molecule has 1 atom stereocenters. The molecule has 0 saturated heterocycles. The first-order valence-electron chi connectivity index (χ1n) is 9.87. The number of hydrogen-bond acceptors (Lipinski definition) is 3. The van der Waals surface area contributed by atoms with Gasteiger partial charge in [-0.05, 0) is 37.1 Å². The number of hydrogen-bond donors (Lipinski definition) is 1. The summed E-state index contributed by atoms with van der Waals surface area (Å²) in [4.78, 5) is 32.6. The van der Waals surface area contributed by atoms with Gasteiger partial charge in [0.1, 0.15) is 6.04 Å². The van der Waals surface area contributed by atoms with Gasteiger partial charge in [-0.1, -0.05) is 43.2 Å². The molecule has 1 aromatic heterocycles. The van der Waals surface area contributed by atoms with E-state index in [-0.39, 0.29) is 24.3 Å². The maximum absolute atomic E-state index is 13.3. The van der Waals surface area contributed by atoms with Crippen LogP contribution in [-0.4, -0.2) is 27.4 Å². The standard InChI is InChI=1S/C22H22N4O2/c27-20(23-15-8-2-1-3-9-15)14-19-21(28)25(16-10-4-5-11-16)22-24-17-12-6-7-13-18(17)26(19)22/h1-3,6-9,12-13,16,19H,4-5,10-11,14H2,(H,23,27)/t19-/m1/s1. The normalized spacial score (nSPS) is 19.4. The first kappa shape index (κ1) is 17.0. The molecule has 0 unspecified atom stereocenters. The molecule has 5 rings (SSSR count). The number of para-hydroxylation sites is 3. The molecule has 3 aromatic rings. The summed E-state index contributed by atoms with van der Waals surface area (Å²) >= 11 is 0. The van der Waals surface area contributed by atoms with E-state index in [4.69, 9.17) is 4.98 Å². The number of benzene rings is 2. The van der Waals surface area contributed by atoms with Crippen molar-refractivity contribution in [1.82, 2.24) is 9.55 Å². The van der Waals surface area contributed by atoms with Gasteiger partial charge in [-0.25, -0.2) is 4.98 Å². The lowest BCUT2D eigenvalue weighted by Crippen LogP contribution is -2.38. The van der Waals surface area contributed by atoms with Gasteiger partial charge in [-0.3, -0.25) is 19.1 Å². The minimum atomic E-state index is -0.549. The van der Waals surface area contributed by atoms with Crippen LogP contribution < -0.4 is 10.2 Å². The highest BCUT2D eigenvalue weighted by Gasteiger charge is 2.44. The summed E-state index contributed by atoms with van der Waals surface area (Å²) in [7, 11) is 0. The molecule has 6 heteroatoms. The Balaban J connectivity index is 1.49. The smallest absolute Gasteiger partial charge is 0.253 e. The molecule has 2 aromatic carbocycles. The Morgan fingerprint density at radius 1 is 1.04 bits per heavy atom. The largest absolute Gasteiger partial charge is 0.326 e. The quantitative estimate of drug-likeness (QED) is 0.753. The van der Waals surface area contributed by atoms with E-state index in [2.05, 4.69) is 5.32 Å². The predicted octanol–water partition coefficient (Wildman–Crippen LogP) is 3.90. The monoisotopic (exact) mass is 374 g/mol. The summed E-state index contributed by atoms with van der Waals surface area (Å²) in [5, 5.41) is 2.90. The summed E-state index contributed by atoms with van der Waals surface area (Å²) in [5.74, 6) is 0.514. The molecular weight excluding hydrogens is 352 g/mol. The van der Waals surface area contributed by atoms with E-state index in [1.54, 1.807) is 0 Å². The van der Waals surface area contributed by atoms with Gasteiger partial charge in [0.2, 0.25) is 11.9 Å². The zero-order valence-corrected chi connectivity index (χ0v) is 15.5. The Morgan fingerprint density at radius 2 is 1.75 bits per heavy atom. The molecule has 142 valence electrons. The molecule has 2 amide bonds. The van der Waals surface area contributed by atoms with E-state index in [1.807, 2.05) is 64.1 Å². The molecule has 1 saturated carbocycles. The van der Waals surface area contributed by atoms with Crippen molar-refractivity contribution < 1.29 is 9.59 Å². The zero-order valence-electron chi connectivity index (χ0n) is 15.5. The second-order valence-corrected chi connectivity index (χ2v) is 7.55. The topological polar surface area (TPSA) is 67.2 Å². The van der Waals surface area contributed by atoms with Crippen molar-refractivity contribution in [1.29, 1.82) is 0 Å². The Kier molecular flexibility index (Phi) is 4.11. The summed E-state index contributed by atoms with van der Waals surface area (Å²) in [5.41, 5.74) is 2.51. The van der Waals surface area contributed by atoms with Crippen LogP contribution in [0.3, 0.4) is 0 Å². The van der Waals surface area contributed by atoms with E-state index >= 15 is 0 Å². The average Bonchev–Trinajstić information content (AvgIpc) is 3.40. The lowest BCUT2D eigenvalue weighted by atomic mass is 10.1. The third kappa shape index (κ3) is 2.76. The molecule has 28 heavy (non-hydrogen) atoms. The van der Waals surface area contributed by atoms with Crippen LogP contribution in [0.4, 0.5) is 11.6 Å². The third-order valence-electron chi connectivity index (χ3n) is 5.75. The molecule has 1 aliphatic carbocycles. The van der Waals surface area contributed by atoms with Crippen LogP contribution in [0, 0.1) is 0 Å². The molecule has 2 heterocycles. The second kappa shape index (κ2) is 6.78. The van der Waals surface area contributed by atoms with E-state index < -0.39 is 6.04 Å². The molecule has 1 aliphatic heterocycles. The van der Waals surface area contributed by atoms with Crippen LogP contribution in [0.5, 0.6) is 0 Å². The average molecular weight is 374 g/mol. The molecule has 2 aliphatic rings. The maximum Gasteiger partial charge on any atom is 0.253 e. The van der Waals surface area contributed by atoms with E-state index in [0.717, 1.165) is 42.4 Å². The van der Waals surface area contributed by atoms with Gasteiger partial charge < -0.3 is 5.32 Å². The van der Waals surface area contributed by atoms with Crippen molar-refractivity contribution in [3.05, 3.63) is 54.6 Å². The highest BCUT2D eigenvalue weighted by atomic mass is 16.2. The number of nitrogens with one attached hydrogen (secondary N) is 1. The van der Waals surface area contributed by atoms with Gasteiger partial charge in [0, 0.05) is 11.7 Å². The number of nitrogens with zero attached hydrogens (tertiary/aromatic N) is 3. The Hall–Kier alpha value is -3.15. The van der Waals surface area contributed by atoms with Crippen LogP contribution in [0.25, 0.3) is 11.0 Å². The van der Waals surface area contributed by atoms with Crippen molar-refractivity contribution in [2.24, 2.45) is 0 Å². The predicted molar refractivity (Wildman–Crippen MR) is 108 cm³/mol. The third-order valence-corrected chi connectivity index (χ3v) is 5.75. The van der Waals surface area contributed by atoms with Crippen molar-refractivity contribution in [3.8, 4) is 0 Å². The van der Waals surface area contributed by atoms with Gasteiger partial charge in [0.05, 0.1) is 17.5 Å². The fourth-order valence-electron chi connectivity index (χ4n) is 4.47. The van der Waals surface area contributed by atoms with Gasteiger partial charge in [0.15, 0.2) is 0 Å². The maximum atomic E-state index is 13.3. The highest BCUT2D eigenvalue weighted by Crippen LogP contribution is 2.40. The zero-order chi connectivity index (χ0) is 19.1. The van der Waals surface area contributed by atoms with Crippen molar-refractivity contribution in [2.75, 3.05) is 10.2 Å². The number of amides is 2. The number of anilines is 2. The fraction of sp³-hybridized carbons (Fsp3) is 0.318. The van der Waals surface area contributed by atoms with E-state index in [1.165, 1.54) is 0 Å². The van der Waals surface area contributed by atoms with E-state index in [9.17, 15) is 9.59 Å². The van der Waals surface area contributed by atoms with Crippen LogP contribution in [0.2, 0.25) is 0 Å². The summed E-state index contributed by atoms with van der Waals surface area (Å²) < 4.78 is 1.96. The second-order valence-electron chi connectivity index (χ2n) is 7.55. The summed E-state index contributed by atoms with van der Waals surface area (Å²) in [6.45, 7) is 0. The van der Waals surface area contributed by atoms with Gasteiger partial charge in [0.25, 0.3) is 5.91 Å². The number of aromatic nitrogens is 2. The molecule has 0 bridgehead atoms. The number of rotatable bonds is 4. The molecular formula is C22H22N4O2. The number of imidazole rings is 1. The lowest BCUT2D eigenvalue weighted by Gasteiger charge is -2.22. The first-order chi connectivity index (χ1) is 13.7. The number of carbonyl (C=O) groups excluding carboxylic acids is 2. The molecule has 1 N–H and O–H groups in total. The van der Waals surface area contributed by atoms with E-state index in [0.29, 0.717) is 5.95 Å². The molecule has 6 nitrogen and oxygen atoms in total. The minimum absolute atomic E-state index is 0.0108. The molecule has 1 fully saturated rings. The van der Waals surface area contributed by atoms with Gasteiger partial charge >= 0.3 is 0 Å². The summed E-state index contributed by atoms with van der Waals surface area (Å²) in [6.07, 6.45) is 4.36. The summed E-state index contributed by atoms with van der Waals surface area (Å²) in [6, 6.07) is 16.8. The first-order valence-corrected chi connectivity index (χ1v) is 9.87. The van der Waals surface area contributed by atoms with Crippen LogP contribution in [-0.2, 0) is 9.59 Å². The van der Waals surface area contributed by atoms with Crippen molar-refractivity contribution in [3.63, 3.8) is 0 Å². The van der Waals surface area contributed by atoms with Crippen LogP contribution in [0.1, 0.15) is 38.1 Å². The Labute approximate surface area is 163 Å². The molecule has 0 radical (unpaired) electrons. The number of carbonyl (C=O) groups is 2. The van der Waals surface area contributed by atoms with Crippen LogP contribution >= 0.6 is 0 Å². The Bertz CT molecular complexity index is 1040.